The van der Waals surface area contributed by atoms with E-state index >= 15 is 0 Å². The highest BCUT2D eigenvalue weighted by Gasteiger charge is 2.51. The summed E-state index contributed by atoms with van der Waals surface area (Å²) in [6, 6.07) is 22.0. The van der Waals surface area contributed by atoms with Crippen molar-refractivity contribution in [3.8, 4) is 11.1 Å². The molecule has 7 rings (SSSR count). The van der Waals surface area contributed by atoms with Crippen LogP contribution in [0.3, 0.4) is 0 Å². The van der Waals surface area contributed by atoms with E-state index in [1.807, 2.05) is 12.1 Å². The smallest absolute Gasteiger partial charge is 0.150 e. The van der Waals surface area contributed by atoms with Crippen molar-refractivity contribution in [3.63, 3.8) is 0 Å². The predicted molar refractivity (Wildman–Crippen MR) is 115 cm³/mol. The van der Waals surface area contributed by atoms with Crippen molar-refractivity contribution in [2.45, 2.75) is 43.9 Å². The van der Waals surface area contributed by atoms with Gasteiger partial charge in [-0.1, -0.05) is 48.5 Å². The molecule has 4 aliphatic rings. The van der Waals surface area contributed by atoms with E-state index in [0.29, 0.717) is 5.41 Å². The normalized spacial score (nSPS) is 30.6. The van der Waals surface area contributed by atoms with Gasteiger partial charge in [-0.25, -0.2) is 0 Å². The molecule has 4 fully saturated rings. The fourth-order valence-corrected chi connectivity index (χ4v) is 7.01. The Hall–Kier alpha value is -2.41. The number of hydrogen-bond donors (Lipinski definition) is 0. The molecule has 4 aliphatic carbocycles. The van der Waals surface area contributed by atoms with Crippen molar-refractivity contribution in [2.24, 2.45) is 17.8 Å². The van der Waals surface area contributed by atoms with Crippen LogP contribution in [0.1, 0.15) is 54.4 Å². The molecule has 0 spiro atoms. The Balaban J connectivity index is 1.40. The molecule has 4 saturated carbocycles. The minimum absolute atomic E-state index is 0.445. The third kappa shape index (κ3) is 2.56. The molecule has 0 N–H and O–H groups in total. The highest BCUT2D eigenvalue weighted by Crippen LogP contribution is 2.60. The van der Waals surface area contributed by atoms with Gasteiger partial charge in [0.15, 0.2) is 0 Å². The number of aldehydes is 1. The summed E-state index contributed by atoms with van der Waals surface area (Å²) in [7, 11) is 0. The fourth-order valence-electron chi connectivity index (χ4n) is 7.01. The van der Waals surface area contributed by atoms with Gasteiger partial charge in [0.05, 0.1) is 0 Å². The molecule has 0 radical (unpaired) electrons. The zero-order valence-corrected chi connectivity index (χ0v) is 16.2. The van der Waals surface area contributed by atoms with Gasteiger partial charge in [0, 0.05) is 5.56 Å². The molecule has 0 saturated heterocycles. The third-order valence-corrected chi connectivity index (χ3v) is 7.85. The highest BCUT2D eigenvalue weighted by atomic mass is 16.1. The minimum atomic E-state index is 0.445. The van der Waals surface area contributed by atoms with Gasteiger partial charge in [0.2, 0.25) is 0 Å². The van der Waals surface area contributed by atoms with Crippen LogP contribution in [-0.4, -0.2) is 6.29 Å². The van der Waals surface area contributed by atoms with Gasteiger partial charge in [0.1, 0.15) is 6.29 Å². The molecule has 1 heteroatoms. The minimum Gasteiger partial charge on any atom is -0.298 e. The molecular weight excluding hydrogens is 340 g/mol. The summed E-state index contributed by atoms with van der Waals surface area (Å²) < 4.78 is 0. The standard InChI is InChI=1S/C27H26O/c28-17-18-4-5-24-12-25(7-6-23(24)11-18)22-2-1-3-26(13-22)27-14-19-8-20(15-27)10-21(9-19)16-27/h1-7,11-13,17,19-21H,8-10,14-16H2. The van der Waals surface area contributed by atoms with Crippen LogP contribution in [0, 0.1) is 17.8 Å². The Bertz CT molecular complexity index is 1040. The monoisotopic (exact) mass is 366 g/mol. The maximum atomic E-state index is 11.0. The summed E-state index contributed by atoms with van der Waals surface area (Å²) in [6.07, 6.45) is 9.63. The number of carbonyl (C=O) groups is 1. The van der Waals surface area contributed by atoms with Crippen molar-refractivity contribution < 1.29 is 4.79 Å². The van der Waals surface area contributed by atoms with E-state index in [1.165, 1.54) is 55.0 Å². The van der Waals surface area contributed by atoms with Crippen LogP contribution in [-0.2, 0) is 5.41 Å². The Morgan fingerprint density at radius 1 is 0.714 bits per heavy atom. The van der Waals surface area contributed by atoms with Gasteiger partial charge in [0.25, 0.3) is 0 Å². The van der Waals surface area contributed by atoms with Gasteiger partial charge in [-0.05, 0) is 101 Å². The number of hydrogen-bond acceptors (Lipinski definition) is 1. The van der Waals surface area contributed by atoms with Gasteiger partial charge in [-0.15, -0.1) is 0 Å². The van der Waals surface area contributed by atoms with E-state index < -0.39 is 0 Å². The summed E-state index contributed by atoms with van der Waals surface area (Å²) in [5, 5.41) is 2.33. The highest BCUT2D eigenvalue weighted by molar-refractivity contribution is 5.91. The van der Waals surface area contributed by atoms with E-state index in [2.05, 4.69) is 48.5 Å². The van der Waals surface area contributed by atoms with E-state index in [9.17, 15) is 4.79 Å². The lowest BCUT2D eigenvalue weighted by Crippen LogP contribution is -2.48. The average Bonchev–Trinajstić information content (AvgIpc) is 2.72. The lowest BCUT2D eigenvalue weighted by molar-refractivity contribution is -0.00516. The van der Waals surface area contributed by atoms with Gasteiger partial charge in [-0.2, -0.15) is 0 Å². The molecule has 0 aromatic heterocycles. The predicted octanol–water partition coefficient (Wildman–Crippen LogP) is 6.79. The molecule has 140 valence electrons. The molecule has 3 aromatic carbocycles. The van der Waals surface area contributed by atoms with Crippen LogP contribution < -0.4 is 0 Å². The van der Waals surface area contributed by atoms with E-state index in [1.54, 1.807) is 5.56 Å². The van der Waals surface area contributed by atoms with Crippen LogP contribution in [0.25, 0.3) is 21.9 Å². The Morgan fingerprint density at radius 2 is 1.36 bits per heavy atom. The molecule has 4 bridgehead atoms. The Morgan fingerprint density at radius 3 is 2.07 bits per heavy atom. The molecule has 1 nitrogen and oxygen atoms in total. The molecule has 0 heterocycles. The summed E-state index contributed by atoms with van der Waals surface area (Å²) in [6.45, 7) is 0. The lowest BCUT2D eigenvalue weighted by Gasteiger charge is -2.57. The first-order chi connectivity index (χ1) is 13.7. The van der Waals surface area contributed by atoms with Crippen molar-refractivity contribution in [1.29, 1.82) is 0 Å². The van der Waals surface area contributed by atoms with Crippen LogP contribution in [0.4, 0.5) is 0 Å². The maximum absolute atomic E-state index is 11.0. The molecule has 0 aliphatic heterocycles. The van der Waals surface area contributed by atoms with Crippen molar-refractivity contribution in [1.82, 2.24) is 0 Å². The van der Waals surface area contributed by atoms with Crippen LogP contribution in [0.2, 0.25) is 0 Å². The molecule has 3 aromatic rings. The number of carbonyl (C=O) groups excluding carboxylic acids is 1. The molecule has 0 amide bonds. The van der Waals surface area contributed by atoms with E-state index in [-0.39, 0.29) is 0 Å². The van der Waals surface area contributed by atoms with E-state index in [4.69, 9.17) is 0 Å². The SMILES string of the molecule is O=Cc1ccc2cc(-c3cccc(C45CC6CC(CC(C6)C4)C5)c3)ccc2c1. The van der Waals surface area contributed by atoms with Crippen molar-refractivity contribution >= 4 is 17.1 Å². The Labute approximate surface area is 166 Å². The number of rotatable bonds is 3. The summed E-state index contributed by atoms with van der Waals surface area (Å²) in [5.74, 6) is 2.92. The van der Waals surface area contributed by atoms with E-state index in [0.717, 1.165) is 35.0 Å². The molecular formula is C27H26O. The average molecular weight is 367 g/mol. The summed E-state index contributed by atoms with van der Waals surface area (Å²) >= 11 is 0. The third-order valence-electron chi connectivity index (χ3n) is 7.85. The second-order valence-corrected chi connectivity index (χ2v) is 9.72. The maximum Gasteiger partial charge on any atom is 0.150 e. The first kappa shape index (κ1) is 16.5. The second-order valence-electron chi connectivity index (χ2n) is 9.72. The van der Waals surface area contributed by atoms with Crippen LogP contribution in [0.15, 0.2) is 60.7 Å². The molecule has 0 unspecified atom stereocenters. The zero-order valence-electron chi connectivity index (χ0n) is 16.2. The second kappa shape index (κ2) is 6.04. The van der Waals surface area contributed by atoms with Crippen LogP contribution >= 0.6 is 0 Å². The summed E-state index contributed by atoms with van der Waals surface area (Å²) in [5.41, 5.74) is 5.37. The number of benzene rings is 3. The first-order valence-electron chi connectivity index (χ1n) is 10.8. The molecule has 28 heavy (non-hydrogen) atoms. The van der Waals surface area contributed by atoms with Gasteiger partial charge in [-0.3, -0.25) is 4.79 Å². The largest absolute Gasteiger partial charge is 0.298 e. The van der Waals surface area contributed by atoms with Crippen molar-refractivity contribution in [3.05, 3.63) is 71.8 Å². The zero-order chi connectivity index (χ0) is 18.7. The first-order valence-corrected chi connectivity index (χ1v) is 10.8. The Kier molecular flexibility index (Phi) is 3.57. The van der Waals surface area contributed by atoms with Crippen LogP contribution in [0.5, 0.6) is 0 Å². The fraction of sp³-hybridized carbons (Fsp3) is 0.370. The topological polar surface area (TPSA) is 17.1 Å². The van der Waals surface area contributed by atoms with Crippen molar-refractivity contribution in [2.75, 3.05) is 0 Å². The van der Waals surface area contributed by atoms with Gasteiger partial charge >= 0.3 is 0 Å². The summed E-state index contributed by atoms with van der Waals surface area (Å²) in [4.78, 5) is 11.0. The quantitative estimate of drug-likeness (QED) is 0.467. The molecule has 0 atom stereocenters. The number of fused-ring (bicyclic) bond motifs is 1. The lowest BCUT2D eigenvalue weighted by atomic mass is 9.48. The van der Waals surface area contributed by atoms with Gasteiger partial charge < -0.3 is 0 Å².